The third-order valence-electron chi connectivity index (χ3n) is 4.07. The number of hydrogen-bond acceptors (Lipinski definition) is 5. The Balaban J connectivity index is 1.70. The second kappa shape index (κ2) is 7.88. The SMILES string of the molecule is O=c1nc2s/c(=C\C=C\c3ccccc3)c(=O)n2nc1Cc1ccc(Cl)cc1. The zero-order valence-corrected chi connectivity index (χ0v) is 16.2. The van der Waals surface area contributed by atoms with Gasteiger partial charge in [-0.15, -0.1) is 0 Å². The Morgan fingerprint density at radius 3 is 2.54 bits per heavy atom. The Bertz CT molecular complexity index is 1330. The van der Waals surface area contributed by atoms with Crippen LogP contribution in [0.3, 0.4) is 0 Å². The van der Waals surface area contributed by atoms with Gasteiger partial charge in [0, 0.05) is 11.4 Å². The van der Waals surface area contributed by atoms with Gasteiger partial charge in [-0.05, 0) is 29.3 Å². The van der Waals surface area contributed by atoms with Gasteiger partial charge in [0.05, 0.1) is 4.53 Å². The molecule has 0 atom stereocenters. The highest BCUT2D eigenvalue weighted by Crippen LogP contribution is 2.11. The molecule has 4 aromatic rings. The van der Waals surface area contributed by atoms with Crippen LogP contribution in [0.5, 0.6) is 0 Å². The molecule has 0 aliphatic carbocycles. The lowest BCUT2D eigenvalue weighted by Crippen LogP contribution is -2.27. The first kappa shape index (κ1) is 18.3. The standard InChI is InChI=1S/C21H14ClN3O2S/c22-16-11-9-15(10-12-16)13-17-19(26)23-21-25(24-17)20(27)18(28-21)8-4-7-14-5-2-1-3-6-14/h1-12H,13H2/b7-4+,18-8-. The largest absolute Gasteiger partial charge is 0.296 e. The third kappa shape index (κ3) is 3.93. The highest BCUT2D eigenvalue weighted by atomic mass is 35.5. The maximum Gasteiger partial charge on any atom is 0.296 e. The van der Waals surface area contributed by atoms with Crippen molar-refractivity contribution in [2.24, 2.45) is 0 Å². The second-order valence-corrected chi connectivity index (χ2v) is 7.51. The van der Waals surface area contributed by atoms with Crippen LogP contribution in [-0.2, 0) is 6.42 Å². The van der Waals surface area contributed by atoms with Crippen molar-refractivity contribution in [3.8, 4) is 0 Å². The van der Waals surface area contributed by atoms with Crippen LogP contribution in [-0.4, -0.2) is 14.6 Å². The van der Waals surface area contributed by atoms with E-state index in [1.54, 1.807) is 24.3 Å². The first-order valence-electron chi connectivity index (χ1n) is 8.51. The number of thiazole rings is 1. The van der Waals surface area contributed by atoms with Crippen LogP contribution < -0.4 is 15.7 Å². The van der Waals surface area contributed by atoms with Crippen molar-refractivity contribution in [2.45, 2.75) is 6.42 Å². The number of hydrogen-bond donors (Lipinski definition) is 0. The summed E-state index contributed by atoms with van der Waals surface area (Å²) in [6, 6.07) is 16.9. The van der Waals surface area contributed by atoms with Crippen LogP contribution in [0.15, 0.2) is 70.3 Å². The summed E-state index contributed by atoms with van der Waals surface area (Å²) in [5, 5.41) is 4.86. The molecule has 0 aliphatic heterocycles. The molecular weight excluding hydrogens is 394 g/mol. The van der Waals surface area contributed by atoms with Gasteiger partial charge in [0.25, 0.3) is 11.1 Å². The Morgan fingerprint density at radius 2 is 1.79 bits per heavy atom. The van der Waals surface area contributed by atoms with E-state index >= 15 is 0 Å². The zero-order chi connectivity index (χ0) is 19.5. The molecule has 4 rings (SSSR count). The molecule has 0 radical (unpaired) electrons. The minimum atomic E-state index is -0.428. The third-order valence-corrected chi connectivity index (χ3v) is 5.30. The molecular formula is C21H14ClN3O2S. The first-order valence-corrected chi connectivity index (χ1v) is 9.70. The van der Waals surface area contributed by atoms with E-state index in [0.29, 0.717) is 9.55 Å². The van der Waals surface area contributed by atoms with Gasteiger partial charge in [0.2, 0.25) is 4.96 Å². The fourth-order valence-corrected chi connectivity index (χ4v) is 3.65. The van der Waals surface area contributed by atoms with E-state index < -0.39 is 5.56 Å². The topological polar surface area (TPSA) is 64.3 Å². The summed E-state index contributed by atoms with van der Waals surface area (Å²) in [5.41, 5.74) is 1.41. The van der Waals surface area contributed by atoms with Gasteiger partial charge >= 0.3 is 0 Å². The Labute approximate surface area is 168 Å². The Hall–Kier alpha value is -3.09. The predicted octanol–water partition coefficient (Wildman–Crippen LogP) is 2.97. The van der Waals surface area contributed by atoms with E-state index in [4.69, 9.17) is 11.6 Å². The Kier molecular flexibility index (Phi) is 5.14. The van der Waals surface area contributed by atoms with E-state index in [1.165, 1.54) is 4.52 Å². The van der Waals surface area contributed by atoms with Gasteiger partial charge in [-0.3, -0.25) is 9.59 Å². The average Bonchev–Trinajstić information content (AvgIpc) is 3.00. The van der Waals surface area contributed by atoms with Gasteiger partial charge in [0.1, 0.15) is 5.69 Å². The van der Waals surface area contributed by atoms with Crippen molar-refractivity contribution < 1.29 is 0 Å². The normalized spacial score (nSPS) is 12.2. The minimum absolute atomic E-state index is 0.223. The van der Waals surface area contributed by atoms with Crippen molar-refractivity contribution in [1.82, 2.24) is 14.6 Å². The fraction of sp³-hybridized carbons (Fsp3) is 0.0476. The molecule has 2 heterocycles. The number of aromatic nitrogens is 3. The molecule has 0 saturated heterocycles. The van der Waals surface area contributed by atoms with Crippen molar-refractivity contribution >= 4 is 40.1 Å². The molecule has 2 aromatic heterocycles. The monoisotopic (exact) mass is 407 g/mol. The summed E-state index contributed by atoms with van der Waals surface area (Å²) in [6.07, 6.45) is 5.70. The molecule has 138 valence electrons. The molecule has 0 unspecified atom stereocenters. The molecule has 0 fully saturated rings. The van der Waals surface area contributed by atoms with E-state index in [0.717, 1.165) is 22.5 Å². The van der Waals surface area contributed by atoms with Crippen molar-refractivity contribution in [3.63, 3.8) is 0 Å². The van der Waals surface area contributed by atoms with Crippen LogP contribution in [0.25, 0.3) is 17.1 Å². The molecule has 7 heteroatoms. The van der Waals surface area contributed by atoms with Gasteiger partial charge in [-0.25, -0.2) is 0 Å². The molecule has 28 heavy (non-hydrogen) atoms. The number of benzene rings is 2. The molecule has 5 nitrogen and oxygen atoms in total. The smallest absolute Gasteiger partial charge is 0.266 e. The predicted molar refractivity (Wildman–Crippen MR) is 113 cm³/mol. The van der Waals surface area contributed by atoms with E-state index in [2.05, 4.69) is 10.1 Å². The lowest BCUT2D eigenvalue weighted by molar-refractivity contribution is 0.811. The maximum absolute atomic E-state index is 12.6. The molecule has 0 spiro atoms. The van der Waals surface area contributed by atoms with Crippen LogP contribution in [0, 0.1) is 0 Å². The maximum atomic E-state index is 12.6. The molecule has 0 amide bonds. The van der Waals surface area contributed by atoms with E-state index in [9.17, 15) is 9.59 Å². The van der Waals surface area contributed by atoms with Crippen molar-refractivity contribution in [3.05, 3.63) is 108 Å². The van der Waals surface area contributed by atoms with Gasteiger partial charge in [0.15, 0.2) is 0 Å². The number of halogens is 1. The summed E-state index contributed by atoms with van der Waals surface area (Å²) in [5.74, 6) is 0. The highest BCUT2D eigenvalue weighted by Gasteiger charge is 2.11. The van der Waals surface area contributed by atoms with Crippen molar-refractivity contribution in [2.75, 3.05) is 0 Å². The summed E-state index contributed by atoms with van der Waals surface area (Å²) in [4.78, 5) is 29.2. The highest BCUT2D eigenvalue weighted by molar-refractivity contribution is 7.15. The molecule has 0 N–H and O–H groups in total. The molecule has 0 bridgehead atoms. The van der Waals surface area contributed by atoms with Crippen molar-refractivity contribution in [1.29, 1.82) is 0 Å². The summed E-state index contributed by atoms with van der Waals surface area (Å²) in [7, 11) is 0. The zero-order valence-electron chi connectivity index (χ0n) is 14.6. The first-order chi connectivity index (χ1) is 13.6. The number of fused-ring (bicyclic) bond motifs is 1. The lowest BCUT2D eigenvalue weighted by atomic mass is 10.1. The molecule has 0 saturated carbocycles. The van der Waals surface area contributed by atoms with Gasteiger partial charge < -0.3 is 0 Å². The fourth-order valence-electron chi connectivity index (χ4n) is 2.67. The Morgan fingerprint density at radius 1 is 1.04 bits per heavy atom. The summed E-state index contributed by atoms with van der Waals surface area (Å²) < 4.78 is 1.66. The average molecular weight is 408 g/mol. The lowest BCUT2D eigenvalue weighted by Gasteiger charge is -2.00. The van der Waals surface area contributed by atoms with E-state index in [1.807, 2.05) is 48.5 Å². The van der Waals surface area contributed by atoms with Gasteiger partial charge in [-0.1, -0.05) is 77.6 Å². The molecule has 0 aliphatic rings. The number of allylic oxidation sites excluding steroid dienone is 1. The van der Waals surface area contributed by atoms with Crippen LogP contribution in [0.4, 0.5) is 0 Å². The van der Waals surface area contributed by atoms with Gasteiger partial charge in [-0.2, -0.15) is 14.6 Å². The molecule has 2 aromatic carbocycles. The quantitative estimate of drug-likeness (QED) is 0.521. The van der Waals surface area contributed by atoms with Crippen LogP contribution in [0.2, 0.25) is 5.02 Å². The number of rotatable bonds is 4. The second-order valence-electron chi connectivity index (χ2n) is 6.07. The van der Waals surface area contributed by atoms with Crippen LogP contribution in [0.1, 0.15) is 16.8 Å². The summed E-state index contributed by atoms with van der Waals surface area (Å²) >= 11 is 7.03. The van der Waals surface area contributed by atoms with E-state index in [-0.39, 0.29) is 22.6 Å². The van der Waals surface area contributed by atoms with Crippen LogP contribution >= 0.6 is 22.9 Å². The number of nitrogens with zero attached hydrogens (tertiary/aromatic N) is 3. The minimum Gasteiger partial charge on any atom is -0.266 e. The summed E-state index contributed by atoms with van der Waals surface area (Å²) in [6.45, 7) is 0.